The first-order valence-corrected chi connectivity index (χ1v) is 20.0. The largest absolute Gasteiger partial charge is 0.508 e. The number of pyridine rings is 1. The van der Waals surface area contributed by atoms with Gasteiger partial charge in [-0.15, -0.1) is 0 Å². The summed E-state index contributed by atoms with van der Waals surface area (Å²) >= 11 is 0. The van der Waals surface area contributed by atoms with Gasteiger partial charge in [0.25, 0.3) is 0 Å². The zero-order valence-corrected chi connectivity index (χ0v) is 32.1. The molecule has 3 aliphatic carbocycles. The smallest absolute Gasteiger partial charge is 0.302 e. The molecule has 2 aliphatic heterocycles. The SMILES string of the molecule is COc1cc(O)cc2c1-c1ccc3c4c1[C@]1(CC[C@H](Cc5ccc(N)nc5C#CCc5cc(O)c(OCCNC6CCCC6)cc5[C@@H](O4)[C@@H]3COC(C)=O)C1)C2. The maximum atomic E-state index is 12.4. The lowest BCUT2D eigenvalue weighted by Gasteiger charge is -2.39. The molecular formula is C46H49N3O7. The molecule has 4 aromatic rings. The van der Waals surface area contributed by atoms with Crippen LogP contribution in [0.2, 0.25) is 0 Å². The number of aromatic hydroxyl groups is 2. The monoisotopic (exact) mass is 755 g/mol. The molecule has 290 valence electrons. The van der Waals surface area contributed by atoms with Crippen LogP contribution in [0.4, 0.5) is 5.82 Å². The van der Waals surface area contributed by atoms with E-state index in [9.17, 15) is 15.0 Å². The van der Waals surface area contributed by atoms with Gasteiger partial charge in [0.05, 0.1) is 13.0 Å². The van der Waals surface area contributed by atoms with Crippen molar-refractivity contribution >= 4 is 11.8 Å². The Morgan fingerprint density at radius 1 is 1.04 bits per heavy atom. The topological polar surface area (TPSA) is 145 Å². The summed E-state index contributed by atoms with van der Waals surface area (Å²) < 4.78 is 25.3. The number of aromatic nitrogens is 1. The fraction of sp³-hybridized carbons (Fsp3) is 0.435. The van der Waals surface area contributed by atoms with E-state index in [2.05, 4.69) is 35.4 Å². The standard InChI is InChI=1S/C46H49N3O7/c1-26(50)55-25-36-33-11-12-34-42-30(19-32(51)21-40(42)53-2)24-46-15-14-27(23-46)18-29-10-13-41(47)49-37(29)9-5-6-28-20-38(52)39(54-17-16-48-31-7-3-4-8-31)22-35(28)44(36)56-45(33)43(34)46/h10-13,19-22,27,31,36,44,48,51-52H,3-4,6-8,14-18,23-25H2,1-2H3,(H2,47,49)/t27-,36-,44-,46+/m1/s1. The van der Waals surface area contributed by atoms with Crippen LogP contribution in [-0.4, -0.2) is 54.1 Å². The minimum Gasteiger partial charge on any atom is -0.508 e. The van der Waals surface area contributed by atoms with Gasteiger partial charge in [-0.1, -0.05) is 37.0 Å². The molecule has 3 heterocycles. The Morgan fingerprint density at radius 2 is 1.89 bits per heavy atom. The van der Waals surface area contributed by atoms with E-state index in [1.54, 1.807) is 19.2 Å². The summed E-state index contributed by atoms with van der Waals surface area (Å²) in [5.74, 6) is 8.72. The summed E-state index contributed by atoms with van der Waals surface area (Å²) in [6.45, 7) is 2.60. The van der Waals surface area contributed by atoms with Gasteiger partial charge in [0, 0.05) is 59.7 Å². The number of phenols is 2. The van der Waals surface area contributed by atoms with Crippen LogP contribution >= 0.6 is 0 Å². The number of ether oxygens (including phenoxy) is 4. The molecule has 0 amide bonds. The van der Waals surface area contributed by atoms with Crippen molar-refractivity contribution in [2.45, 2.75) is 94.6 Å². The molecule has 2 fully saturated rings. The Hall–Kier alpha value is -5.40. The average Bonchev–Trinajstić information content (AvgIpc) is 3.93. The van der Waals surface area contributed by atoms with E-state index >= 15 is 0 Å². The fourth-order valence-electron chi connectivity index (χ4n) is 10.3. The molecule has 10 heteroatoms. The molecular weight excluding hydrogens is 707 g/mol. The van der Waals surface area contributed by atoms with Crippen LogP contribution in [-0.2, 0) is 34.2 Å². The van der Waals surface area contributed by atoms with Crippen LogP contribution in [0.5, 0.6) is 28.7 Å². The lowest BCUT2D eigenvalue weighted by Crippen LogP contribution is -2.31. The summed E-state index contributed by atoms with van der Waals surface area (Å²) in [7, 11) is 1.64. The van der Waals surface area contributed by atoms with Gasteiger partial charge in [-0.2, -0.15) is 0 Å². The van der Waals surface area contributed by atoms with Crippen molar-refractivity contribution < 1.29 is 34.0 Å². The number of methoxy groups -OCH3 is 1. The number of anilines is 1. The summed E-state index contributed by atoms with van der Waals surface area (Å²) in [6, 6.07) is 15.8. The number of nitrogen functional groups attached to an aromatic ring is 1. The maximum Gasteiger partial charge on any atom is 0.302 e. The number of carbonyl (C=O) groups excluding carboxylic acids is 1. The third-order valence-corrected chi connectivity index (χ3v) is 12.8. The molecule has 1 spiro atoms. The molecule has 10 nitrogen and oxygen atoms in total. The Balaban J connectivity index is 1.21. The number of carbonyl (C=O) groups is 1. The first-order valence-electron chi connectivity index (χ1n) is 20.0. The van der Waals surface area contributed by atoms with Crippen LogP contribution < -0.4 is 25.3 Å². The van der Waals surface area contributed by atoms with Gasteiger partial charge < -0.3 is 40.2 Å². The zero-order valence-electron chi connectivity index (χ0n) is 32.1. The summed E-state index contributed by atoms with van der Waals surface area (Å²) in [6.07, 6.45) is 8.88. The average molecular weight is 756 g/mol. The number of phenolic OH excluding ortho intramolecular Hbond substituents is 2. The summed E-state index contributed by atoms with van der Waals surface area (Å²) in [5, 5.41) is 25.8. The number of benzene rings is 3. The molecule has 4 bridgehead atoms. The van der Waals surface area contributed by atoms with Crippen LogP contribution in [0.3, 0.4) is 0 Å². The Bertz CT molecular complexity index is 2270. The number of esters is 1. The maximum absolute atomic E-state index is 12.4. The first kappa shape index (κ1) is 36.3. The Morgan fingerprint density at radius 3 is 2.71 bits per heavy atom. The second-order valence-electron chi connectivity index (χ2n) is 16.3. The highest BCUT2D eigenvalue weighted by Crippen LogP contribution is 2.62. The molecule has 1 aromatic heterocycles. The molecule has 5 aliphatic rings. The second kappa shape index (κ2) is 14.6. The highest BCUT2D eigenvalue weighted by molar-refractivity contribution is 5.84. The van der Waals surface area contributed by atoms with Crippen LogP contribution in [0.1, 0.15) is 103 Å². The first-order chi connectivity index (χ1) is 27.2. The molecule has 56 heavy (non-hydrogen) atoms. The molecule has 0 saturated heterocycles. The van der Waals surface area contributed by atoms with E-state index in [1.165, 1.54) is 32.6 Å². The second-order valence-corrected chi connectivity index (χ2v) is 16.3. The predicted molar refractivity (Wildman–Crippen MR) is 212 cm³/mol. The van der Waals surface area contributed by atoms with Gasteiger partial charge in [0.1, 0.15) is 48.1 Å². The van der Waals surface area contributed by atoms with Crippen molar-refractivity contribution in [1.82, 2.24) is 10.3 Å². The van der Waals surface area contributed by atoms with Crippen molar-refractivity contribution in [1.29, 1.82) is 0 Å². The van der Waals surface area contributed by atoms with Crippen molar-refractivity contribution in [3.63, 3.8) is 0 Å². The number of fused-ring (bicyclic) bond motifs is 7. The number of hydrogen-bond acceptors (Lipinski definition) is 10. The highest BCUT2D eigenvalue weighted by atomic mass is 16.5. The van der Waals surface area contributed by atoms with Gasteiger partial charge in [-0.3, -0.25) is 4.79 Å². The van der Waals surface area contributed by atoms with E-state index in [0.29, 0.717) is 61.0 Å². The Kier molecular flexibility index (Phi) is 9.45. The highest BCUT2D eigenvalue weighted by Gasteiger charge is 2.51. The van der Waals surface area contributed by atoms with Gasteiger partial charge in [-0.05, 0) is 103 Å². The molecule has 0 unspecified atom stereocenters. The van der Waals surface area contributed by atoms with Crippen molar-refractivity contribution in [3.8, 4) is 51.7 Å². The molecule has 0 radical (unpaired) electrons. The number of nitrogens with two attached hydrogens (primary N) is 1. The van der Waals surface area contributed by atoms with Gasteiger partial charge in [-0.25, -0.2) is 4.98 Å². The minimum absolute atomic E-state index is 0.0275. The molecule has 3 aromatic carbocycles. The van der Waals surface area contributed by atoms with E-state index < -0.39 is 6.10 Å². The van der Waals surface area contributed by atoms with E-state index in [0.717, 1.165) is 75.9 Å². The van der Waals surface area contributed by atoms with Crippen LogP contribution in [0, 0.1) is 17.8 Å². The third-order valence-electron chi connectivity index (χ3n) is 12.8. The van der Waals surface area contributed by atoms with Crippen LogP contribution in [0.15, 0.2) is 48.5 Å². The van der Waals surface area contributed by atoms with E-state index in [-0.39, 0.29) is 35.4 Å². The summed E-state index contributed by atoms with van der Waals surface area (Å²) in [5.41, 5.74) is 14.4. The fourth-order valence-corrected chi connectivity index (χ4v) is 10.3. The lowest BCUT2D eigenvalue weighted by atomic mass is 9.65. The van der Waals surface area contributed by atoms with Gasteiger partial charge >= 0.3 is 5.97 Å². The predicted octanol–water partition coefficient (Wildman–Crippen LogP) is 7.19. The zero-order chi connectivity index (χ0) is 38.6. The lowest BCUT2D eigenvalue weighted by molar-refractivity contribution is -0.141. The van der Waals surface area contributed by atoms with Crippen LogP contribution in [0.25, 0.3) is 11.1 Å². The number of nitrogens with zero attached hydrogens (tertiary/aromatic N) is 1. The molecule has 9 rings (SSSR count). The molecule has 2 saturated carbocycles. The molecule has 4 atom stereocenters. The van der Waals surface area contributed by atoms with Gasteiger partial charge in [0.2, 0.25) is 0 Å². The molecule has 5 N–H and O–H groups in total. The Labute approximate surface area is 327 Å². The van der Waals surface area contributed by atoms with Crippen molar-refractivity contribution in [3.05, 3.63) is 87.6 Å². The van der Waals surface area contributed by atoms with E-state index in [4.69, 9.17) is 29.7 Å². The van der Waals surface area contributed by atoms with Gasteiger partial charge in [0.15, 0.2) is 11.5 Å². The normalized spacial score (nSPS) is 23.0. The summed E-state index contributed by atoms with van der Waals surface area (Å²) in [4.78, 5) is 17.1. The minimum atomic E-state index is -0.573. The van der Waals surface area contributed by atoms with E-state index in [1.807, 2.05) is 18.2 Å². The third kappa shape index (κ3) is 6.56. The van der Waals surface area contributed by atoms with Crippen molar-refractivity contribution in [2.75, 3.05) is 32.6 Å². The quantitative estimate of drug-likeness (QED) is 0.0829. The number of rotatable bonds is 8. The number of hydrogen-bond donors (Lipinski definition) is 4. The van der Waals surface area contributed by atoms with Crippen molar-refractivity contribution in [2.24, 2.45) is 5.92 Å². The number of nitrogens with one attached hydrogen (secondary N) is 1.